The van der Waals surface area contributed by atoms with Crippen LogP contribution in [0.2, 0.25) is 0 Å². The van der Waals surface area contributed by atoms with E-state index in [0.717, 1.165) is 10.6 Å². The molecule has 0 aliphatic carbocycles. The quantitative estimate of drug-likeness (QED) is 0.750. The molecule has 0 unspecified atom stereocenters. The van der Waals surface area contributed by atoms with Gasteiger partial charge in [0.1, 0.15) is 12.4 Å². The first kappa shape index (κ1) is 12.8. The van der Waals surface area contributed by atoms with Crippen LogP contribution >= 0.6 is 11.3 Å². The third-order valence-electron chi connectivity index (χ3n) is 2.47. The van der Waals surface area contributed by atoms with E-state index in [-0.39, 0.29) is 12.4 Å². The summed E-state index contributed by atoms with van der Waals surface area (Å²) in [6.45, 7) is 0.587. The fourth-order valence-electron chi connectivity index (χ4n) is 1.50. The average Bonchev–Trinajstić information content (AvgIpc) is 2.92. The molecule has 2 rings (SSSR count). The van der Waals surface area contributed by atoms with Crippen LogP contribution in [0.25, 0.3) is 0 Å². The zero-order chi connectivity index (χ0) is 12.8. The molecule has 2 aromatic rings. The van der Waals surface area contributed by atoms with Gasteiger partial charge in [-0.25, -0.2) is 0 Å². The van der Waals surface area contributed by atoms with Crippen molar-refractivity contribution in [1.29, 1.82) is 0 Å². The SMILES string of the molecule is COc1ccc(C(=O)COCc2cccs2)cc1. The highest BCUT2D eigenvalue weighted by atomic mass is 32.1. The Morgan fingerprint density at radius 2 is 2.00 bits per heavy atom. The lowest BCUT2D eigenvalue weighted by molar-refractivity contribution is 0.0731. The summed E-state index contributed by atoms with van der Waals surface area (Å²) >= 11 is 1.62. The Bertz CT molecular complexity index is 488. The number of benzene rings is 1. The van der Waals surface area contributed by atoms with Crippen LogP contribution in [0.4, 0.5) is 0 Å². The maximum Gasteiger partial charge on any atom is 0.188 e. The topological polar surface area (TPSA) is 35.5 Å². The van der Waals surface area contributed by atoms with Gasteiger partial charge in [-0.2, -0.15) is 0 Å². The lowest BCUT2D eigenvalue weighted by atomic mass is 10.1. The Morgan fingerprint density at radius 3 is 2.61 bits per heavy atom. The first-order chi connectivity index (χ1) is 8.79. The molecule has 0 N–H and O–H groups in total. The smallest absolute Gasteiger partial charge is 0.188 e. The molecule has 4 heteroatoms. The number of carbonyl (C=O) groups is 1. The third-order valence-corrected chi connectivity index (χ3v) is 3.32. The van der Waals surface area contributed by atoms with Crippen LogP contribution < -0.4 is 4.74 Å². The number of Topliss-reactive ketones (excluding diaryl/α,β-unsaturated/α-hetero) is 1. The number of rotatable bonds is 6. The summed E-state index contributed by atoms with van der Waals surface area (Å²) in [5, 5.41) is 1.99. The van der Waals surface area contributed by atoms with Crippen LogP contribution in [0.1, 0.15) is 15.2 Å². The van der Waals surface area contributed by atoms with E-state index < -0.39 is 0 Å². The first-order valence-corrected chi connectivity index (χ1v) is 6.45. The predicted molar refractivity (Wildman–Crippen MR) is 71.3 cm³/mol. The lowest BCUT2D eigenvalue weighted by Gasteiger charge is -2.04. The van der Waals surface area contributed by atoms with Crippen molar-refractivity contribution in [1.82, 2.24) is 0 Å². The molecule has 1 aromatic carbocycles. The lowest BCUT2D eigenvalue weighted by Crippen LogP contribution is -2.08. The van der Waals surface area contributed by atoms with Crippen LogP contribution in [0.3, 0.4) is 0 Å². The molecule has 94 valence electrons. The average molecular weight is 262 g/mol. The summed E-state index contributed by atoms with van der Waals surface area (Å²) in [6.07, 6.45) is 0. The maximum atomic E-state index is 11.8. The molecule has 0 aliphatic rings. The molecule has 0 amide bonds. The summed E-state index contributed by atoms with van der Waals surface area (Å²) in [7, 11) is 1.60. The molecule has 0 saturated carbocycles. The molecule has 0 bridgehead atoms. The molecule has 3 nitrogen and oxygen atoms in total. The van der Waals surface area contributed by atoms with Gasteiger partial charge in [0.2, 0.25) is 0 Å². The van der Waals surface area contributed by atoms with Crippen molar-refractivity contribution in [3.63, 3.8) is 0 Å². The molecule has 0 aliphatic heterocycles. The van der Waals surface area contributed by atoms with Crippen molar-refractivity contribution in [2.45, 2.75) is 6.61 Å². The van der Waals surface area contributed by atoms with Crippen molar-refractivity contribution in [2.75, 3.05) is 13.7 Å². The molecule has 0 radical (unpaired) electrons. The summed E-state index contributed by atoms with van der Waals surface area (Å²) < 4.78 is 10.4. The van der Waals surface area contributed by atoms with Crippen molar-refractivity contribution in [3.8, 4) is 5.75 Å². The Labute approximate surface area is 110 Å². The molecule has 1 heterocycles. The molecule has 0 fully saturated rings. The fraction of sp³-hybridized carbons (Fsp3) is 0.214. The summed E-state index contributed by atoms with van der Waals surface area (Å²) in [4.78, 5) is 12.9. The first-order valence-electron chi connectivity index (χ1n) is 5.57. The van der Waals surface area contributed by atoms with Crippen molar-refractivity contribution < 1.29 is 14.3 Å². The Hall–Kier alpha value is -1.65. The van der Waals surface area contributed by atoms with Crippen LogP contribution in [0.15, 0.2) is 41.8 Å². The van der Waals surface area contributed by atoms with Gasteiger partial charge in [0.05, 0.1) is 13.7 Å². The highest BCUT2D eigenvalue weighted by Crippen LogP contribution is 2.13. The largest absolute Gasteiger partial charge is 0.497 e. The molecular formula is C14H14O3S. The number of ketones is 1. The number of thiophene rings is 1. The monoisotopic (exact) mass is 262 g/mol. The van der Waals surface area contributed by atoms with Crippen LogP contribution in [0, 0.1) is 0 Å². The van der Waals surface area contributed by atoms with Crippen molar-refractivity contribution >= 4 is 17.1 Å². The minimum atomic E-state index is -0.0193. The van der Waals surface area contributed by atoms with Crippen molar-refractivity contribution in [2.24, 2.45) is 0 Å². The second-order valence-corrected chi connectivity index (χ2v) is 4.76. The molecule has 0 atom stereocenters. The molecular weight excluding hydrogens is 248 g/mol. The number of methoxy groups -OCH3 is 1. The third kappa shape index (κ3) is 3.42. The number of hydrogen-bond donors (Lipinski definition) is 0. The van der Waals surface area contributed by atoms with E-state index in [1.807, 2.05) is 17.5 Å². The normalized spacial score (nSPS) is 10.3. The van der Waals surface area contributed by atoms with E-state index in [1.165, 1.54) is 0 Å². The molecule has 18 heavy (non-hydrogen) atoms. The molecule has 1 aromatic heterocycles. The van der Waals surface area contributed by atoms with E-state index in [9.17, 15) is 4.79 Å². The van der Waals surface area contributed by atoms with Crippen LogP contribution in [0.5, 0.6) is 5.75 Å². The highest BCUT2D eigenvalue weighted by Gasteiger charge is 2.06. The minimum absolute atomic E-state index is 0.0193. The van der Waals surface area contributed by atoms with E-state index in [2.05, 4.69) is 0 Å². The van der Waals surface area contributed by atoms with Gasteiger partial charge < -0.3 is 9.47 Å². The zero-order valence-electron chi connectivity index (χ0n) is 10.1. The summed E-state index contributed by atoms with van der Waals surface area (Å²) in [5.41, 5.74) is 0.641. The minimum Gasteiger partial charge on any atom is -0.497 e. The second-order valence-electron chi connectivity index (χ2n) is 3.72. The van der Waals surface area contributed by atoms with E-state index in [4.69, 9.17) is 9.47 Å². The van der Waals surface area contributed by atoms with Crippen molar-refractivity contribution in [3.05, 3.63) is 52.2 Å². The number of carbonyl (C=O) groups excluding carboxylic acids is 1. The van der Waals surface area contributed by atoms with Gasteiger partial charge in [-0.15, -0.1) is 11.3 Å². The summed E-state index contributed by atoms with van der Waals surface area (Å²) in [5.74, 6) is 0.722. The van der Waals surface area contributed by atoms with Crippen LogP contribution in [-0.4, -0.2) is 19.5 Å². The van der Waals surface area contributed by atoms with Gasteiger partial charge in [0, 0.05) is 10.4 Å². The van der Waals surface area contributed by atoms with Gasteiger partial charge >= 0.3 is 0 Å². The number of hydrogen-bond acceptors (Lipinski definition) is 4. The van der Waals surface area contributed by atoms with Crippen LogP contribution in [-0.2, 0) is 11.3 Å². The summed E-state index contributed by atoms with van der Waals surface area (Å²) in [6, 6.07) is 11.0. The van der Waals surface area contributed by atoms with Gasteiger partial charge in [-0.3, -0.25) is 4.79 Å². The standard InChI is InChI=1S/C14H14O3S/c1-16-12-6-4-11(5-7-12)14(15)10-17-9-13-3-2-8-18-13/h2-8H,9-10H2,1H3. The van der Waals surface area contributed by atoms with Gasteiger partial charge in [0.25, 0.3) is 0 Å². The van der Waals surface area contributed by atoms with Gasteiger partial charge in [-0.1, -0.05) is 6.07 Å². The maximum absolute atomic E-state index is 11.8. The van der Waals surface area contributed by atoms with E-state index in [0.29, 0.717) is 12.2 Å². The fourth-order valence-corrected chi connectivity index (χ4v) is 2.14. The predicted octanol–water partition coefficient (Wildman–Crippen LogP) is 3.16. The molecule has 0 saturated heterocycles. The second kappa shape index (κ2) is 6.33. The number of ether oxygens (including phenoxy) is 2. The highest BCUT2D eigenvalue weighted by molar-refractivity contribution is 7.09. The Morgan fingerprint density at radius 1 is 1.22 bits per heavy atom. The Kier molecular flexibility index (Phi) is 4.50. The van der Waals surface area contributed by atoms with E-state index in [1.54, 1.807) is 42.7 Å². The van der Waals surface area contributed by atoms with Gasteiger partial charge in [0.15, 0.2) is 5.78 Å². The van der Waals surface area contributed by atoms with E-state index >= 15 is 0 Å². The molecule has 0 spiro atoms. The Balaban J connectivity index is 1.83. The zero-order valence-corrected chi connectivity index (χ0v) is 10.9. The van der Waals surface area contributed by atoms with Gasteiger partial charge in [-0.05, 0) is 35.7 Å².